The highest BCUT2D eigenvalue weighted by Crippen LogP contribution is 2.24. The molecule has 0 saturated carbocycles. The van der Waals surface area contributed by atoms with Gasteiger partial charge in [0.05, 0.1) is 11.4 Å². The SMILES string of the molecule is Cc1cccc(-c2nn(-c3ccc(F)cc3)cc2CNCCC(=O)N(C)C)c1. The zero-order valence-electron chi connectivity index (χ0n) is 16.4. The topological polar surface area (TPSA) is 50.2 Å². The van der Waals surface area contributed by atoms with Gasteiger partial charge in [-0.25, -0.2) is 9.07 Å². The van der Waals surface area contributed by atoms with Crippen molar-refractivity contribution in [2.45, 2.75) is 19.9 Å². The van der Waals surface area contributed by atoms with Gasteiger partial charge < -0.3 is 10.2 Å². The van der Waals surface area contributed by atoms with E-state index in [9.17, 15) is 9.18 Å². The molecule has 1 amide bonds. The molecule has 2 aromatic carbocycles. The zero-order chi connectivity index (χ0) is 20.1. The second-order valence-corrected chi connectivity index (χ2v) is 7.01. The molecule has 0 saturated heterocycles. The van der Waals surface area contributed by atoms with Crippen LogP contribution < -0.4 is 5.32 Å². The average Bonchev–Trinajstić information content (AvgIpc) is 3.09. The summed E-state index contributed by atoms with van der Waals surface area (Å²) in [7, 11) is 3.51. The van der Waals surface area contributed by atoms with Crippen LogP contribution in [0.2, 0.25) is 0 Å². The minimum Gasteiger partial charge on any atom is -0.349 e. The normalized spacial score (nSPS) is 10.9. The minimum atomic E-state index is -0.276. The third-order valence-electron chi connectivity index (χ3n) is 4.50. The molecule has 0 atom stereocenters. The Labute approximate surface area is 164 Å². The van der Waals surface area contributed by atoms with Crippen LogP contribution in [0.4, 0.5) is 4.39 Å². The maximum absolute atomic E-state index is 13.3. The fourth-order valence-corrected chi connectivity index (χ4v) is 2.94. The van der Waals surface area contributed by atoms with Crippen LogP contribution in [0, 0.1) is 12.7 Å². The number of rotatable bonds is 7. The minimum absolute atomic E-state index is 0.0911. The van der Waals surface area contributed by atoms with E-state index < -0.39 is 0 Å². The van der Waals surface area contributed by atoms with Gasteiger partial charge in [0.2, 0.25) is 5.91 Å². The number of aryl methyl sites for hydroxylation is 1. The number of carbonyl (C=O) groups is 1. The molecule has 0 unspecified atom stereocenters. The van der Waals surface area contributed by atoms with Crippen LogP contribution in [0.1, 0.15) is 17.5 Å². The summed E-state index contributed by atoms with van der Waals surface area (Å²) in [6.07, 6.45) is 2.39. The summed E-state index contributed by atoms with van der Waals surface area (Å²) in [6, 6.07) is 14.4. The zero-order valence-corrected chi connectivity index (χ0v) is 16.4. The van der Waals surface area contributed by atoms with E-state index in [0.717, 1.165) is 28.1 Å². The lowest BCUT2D eigenvalue weighted by Gasteiger charge is -2.10. The Morgan fingerprint density at radius 3 is 2.61 bits per heavy atom. The summed E-state index contributed by atoms with van der Waals surface area (Å²) in [4.78, 5) is 13.3. The van der Waals surface area contributed by atoms with Crippen LogP contribution in [-0.2, 0) is 11.3 Å². The van der Waals surface area contributed by atoms with Gasteiger partial charge in [0, 0.05) is 50.9 Å². The molecule has 1 heterocycles. The van der Waals surface area contributed by atoms with Gasteiger partial charge in [0.15, 0.2) is 0 Å². The number of hydrogen-bond donors (Lipinski definition) is 1. The van der Waals surface area contributed by atoms with Gasteiger partial charge in [-0.2, -0.15) is 5.10 Å². The lowest BCUT2D eigenvalue weighted by molar-refractivity contribution is -0.128. The predicted octanol–water partition coefficient (Wildman–Crippen LogP) is 3.55. The maximum atomic E-state index is 13.3. The Morgan fingerprint density at radius 2 is 1.93 bits per heavy atom. The summed E-state index contributed by atoms with van der Waals surface area (Å²) >= 11 is 0. The van der Waals surface area contributed by atoms with Gasteiger partial charge in [-0.15, -0.1) is 0 Å². The first-order valence-electron chi connectivity index (χ1n) is 9.26. The second-order valence-electron chi connectivity index (χ2n) is 7.01. The molecule has 1 N–H and O–H groups in total. The smallest absolute Gasteiger partial charge is 0.223 e. The molecule has 6 heteroatoms. The van der Waals surface area contributed by atoms with Crippen molar-refractivity contribution in [1.29, 1.82) is 0 Å². The first-order valence-corrected chi connectivity index (χ1v) is 9.26. The van der Waals surface area contributed by atoms with Crippen LogP contribution in [0.5, 0.6) is 0 Å². The van der Waals surface area contributed by atoms with Crippen molar-refractivity contribution in [1.82, 2.24) is 20.0 Å². The Kier molecular flexibility index (Phi) is 6.21. The van der Waals surface area contributed by atoms with Gasteiger partial charge in [-0.1, -0.05) is 23.8 Å². The van der Waals surface area contributed by atoms with Crippen LogP contribution in [0.15, 0.2) is 54.7 Å². The summed E-state index contributed by atoms with van der Waals surface area (Å²) in [5, 5.41) is 8.07. The van der Waals surface area contributed by atoms with Gasteiger partial charge in [0.25, 0.3) is 0 Å². The number of nitrogens with one attached hydrogen (secondary N) is 1. The molecule has 0 aliphatic rings. The van der Waals surface area contributed by atoms with E-state index in [-0.39, 0.29) is 11.7 Å². The van der Waals surface area contributed by atoms with Crippen LogP contribution >= 0.6 is 0 Å². The number of amides is 1. The molecule has 5 nitrogen and oxygen atoms in total. The van der Waals surface area contributed by atoms with Crippen molar-refractivity contribution in [2.24, 2.45) is 0 Å². The van der Waals surface area contributed by atoms with E-state index in [1.807, 2.05) is 31.3 Å². The second kappa shape index (κ2) is 8.80. The van der Waals surface area contributed by atoms with Crippen molar-refractivity contribution in [3.8, 4) is 16.9 Å². The first kappa shape index (κ1) is 19.8. The van der Waals surface area contributed by atoms with E-state index in [1.165, 1.54) is 12.1 Å². The Morgan fingerprint density at radius 1 is 1.18 bits per heavy atom. The predicted molar refractivity (Wildman–Crippen MR) is 109 cm³/mol. The summed E-state index contributed by atoms with van der Waals surface area (Å²) < 4.78 is 15.0. The largest absolute Gasteiger partial charge is 0.349 e. The molecule has 28 heavy (non-hydrogen) atoms. The van der Waals surface area contributed by atoms with Crippen LogP contribution in [0.3, 0.4) is 0 Å². The number of aromatic nitrogens is 2. The highest BCUT2D eigenvalue weighted by molar-refractivity contribution is 5.75. The molecule has 3 aromatic rings. The molecule has 0 spiro atoms. The van der Waals surface area contributed by atoms with Crippen molar-refractivity contribution >= 4 is 5.91 Å². The van der Waals surface area contributed by atoms with Crippen LogP contribution in [0.25, 0.3) is 16.9 Å². The molecule has 0 aliphatic heterocycles. The van der Waals surface area contributed by atoms with E-state index in [2.05, 4.69) is 11.4 Å². The number of carbonyl (C=O) groups excluding carboxylic acids is 1. The molecule has 0 radical (unpaired) electrons. The van der Waals surface area contributed by atoms with Crippen LogP contribution in [-0.4, -0.2) is 41.2 Å². The number of halogens is 1. The molecule has 146 valence electrons. The third-order valence-corrected chi connectivity index (χ3v) is 4.50. The molecule has 0 fully saturated rings. The van der Waals surface area contributed by atoms with Gasteiger partial charge >= 0.3 is 0 Å². The third kappa shape index (κ3) is 4.84. The monoisotopic (exact) mass is 380 g/mol. The lowest BCUT2D eigenvalue weighted by Crippen LogP contribution is -2.26. The highest BCUT2D eigenvalue weighted by atomic mass is 19.1. The first-order chi connectivity index (χ1) is 13.4. The summed E-state index contributed by atoms with van der Waals surface area (Å²) in [5.74, 6) is -0.185. The molecule has 3 rings (SSSR count). The Bertz CT molecular complexity index is 947. The molecule has 0 aliphatic carbocycles. The quantitative estimate of drug-likeness (QED) is 0.638. The van der Waals surface area contributed by atoms with Crippen molar-refractivity contribution < 1.29 is 9.18 Å². The van der Waals surface area contributed by atoms with E-state index >= 15 is 0 Å². The van der Waals surface area contributed by atoms with E-state index in [1.54, 1.807) is 35.8 Å². The molecular formula is C22H25FN4O. The molecule has 1 aromatic heterocycles. The fraction of sp³-hybridized carbons (Fsp3) is 0.273. The van der Waals surface area contributed by atoms with Crippen molar-refractivity contribution in [3.63, 3.8) is 0 Å². The standard InChI is InChI=1S/C22H25FN4O/c1-16-5-4-6-17(13-16)22-18(14-24-12-11-21(28)26(2)3)15-27(25-22)20-9-7-19(23)8-10-20/h4-10,13,15,24H,11-12,14H2,1-3H3. The summed E-state index contributed by atoms with van der Waals surface area (Å²) in [5.41, 5.74) is 4.88. The van der Waals surface area contributed by atoms with Crippen molar-refractivity contribution in [2.75, 3.05) is 20.6 Å². The molecular weight excluding hydrogens is 355 g/mol. The number of nitrogens with zero attached hydrogens (tertiary/aromatic N) is 3. The lowest BCUT2D eigenvalue weighted by atomic mass is 10.1. The van der Waals surface area contributed by atoms with Crippen molar-refractivity contribution in [3.05, 3.63) is 71.7 Å². The Balaban J connectivity index is 1.84. The number of benzene rings is 2. The molecule has 0 bridgehead atoms. The highest BCUT2D eigenvalue weighted by Gasteiger charge is 2.13. The number of hydrogen-bond acceptors (Lipinski definition) is 3. The maximum Gasteiger partial charge on any atom is 0.223 e. The van der Waals surface area contributed by atoms with Gasteiger partial charge in [-0.3, -0.25) is 4.79 Å². The summed E-state index contributed by atoms with van der Waals surface area (Å²) in [6.45, 7) is 3.22. The van der Waals surface area contributed by atoms with Gasteiger partial charge in [-0.05, 0) is 37.3 Å². The Hall–Kier alpha value is -2.99. The average molecular weight is 380 g/mol. The fourth-order valence-electron chi connectivity index (χ4n) is 2.94. The van der Waals surface area contributed by atoms with E-state index in [0.29, 0.717) is 19.5 Å². The van der Waals surface area contributed by atoms with Gasteiger partial charge in [0.1, 0.15) is 5.82 Å². The van der Waals surface area contributed by atoms with E-state index in [4.69, 9.17) is 5.10 Å².